The molecular formula is C20H21FN2O4. The molecule has 1 aliphatic heterocycles. The predicted octanol–water partition coefficient (Wildman–Crippen LogP) is 2.52. The second-order valence-electron chi connectivity index (χ2n) is 6.14. The number of benzene rings is 2. The standard InChI is InChI=1S/C20H21FN2O4/c1-2-26-17-9-5-16(6-10-17)23-12-15(11-20(23)25)22-19(24)13-27-18-7-3-14(21)4-8-18/h3-10,15H,2,11-13H2,1H3,(H,22,24). The molecule has 1 fully saturated rings. The number of hydrogen-bond donors (Lipinski definition) is 1. The Labute approximate surface area is 156 Å². The van der Waals surface area contributed by atoms with Gasteiger partial charge < -0.3 is 19.7 Å². The maximum absolute atomic E-state index is 12.9. The first kappa shape index (κ1) is 18.7. The number of amides is 2. The van der Waals surface area contributed by atoms with Crippen molar-refractivity contribution in [1.82, 2.24) is 5.32 Å². The predicted molar refractivity (Wildman–Crippen MR) is 98.4 cm³/mol. The van der Waals surface area contributed by atoms with Crippen LogP contribution in [0.15, 0.2) is 48.5 Å². The third kappa shape index (κ3) is 4.97. The minimum absolute atomic E-state index is 0.0519. The number of nitrogens with one attached hydrogen (secondary N) is 1. The van der Waals surface area contributed by atoms with Crippen molar-refractivity contribution in [3.63, 3.8) is 0 Å². The number of carbonyl (C=O) groups excluding carboxylic acids is 2. The maximum Gasteiger partial charge on any atom is 0.258 e. The van der Waals surface area contributed by atoms with Crippen LogP contribution in [0.25, 0.3) is 0 Å². The molecule has 27 heavy (non-hydrogen) atoms. The molecular weight excluding hydrogens is 351 g/mol. The van der Waals surface area contributed by atoms with Gasteiger partial charge in [-0.25, -0.2) is 4.39 Å². The van der Waals surface area contributed by atoms with Gasteiger partial charge in [-0.15, -0.1) is 0 Å². The molecule has 1 heterocycles. The third-order valence-electron chi connectivity index (χ3n) is 4.13. The smallest absolute Gasteiger partial charge is 0.258 e. The van der Waals surface area contributed by atoms with E-state index in [4.69, 9.17) is 9.47 Å². The van der Waals surface area contributed by atoms with Gasteiger partial charge in [0, 0.05) is 18.7 Å². The van der Waals surface area contributed by atoms with E-state index in [9.17, 15) is 14.0 Å². The number of rotatable bonds is 7. The van der Waals surface area contributed by atoms with E-state index in [1.165, 1.54) is 24.3 Å². The molecule has 0 radical (unpaired) electrons. The summed E-state index contributed by atoms with van der Waals surface area (Å²) in [5.74, 6) is 0.404. The van der Waals surface area contributed by atoms with Crippen molar-refractivity contribution in [3.05, 3.63) is 54.3 Å². The third-order valence-corrected chi connectivity index (χ3v) is 4.13. The summed E-state index contributed by atoms with van der Waals surface area (Å²) in [5.41, 5.74) is 0.766. The second kappa shape index (κ2) is 8.53. The van der Waals surface area contributed by atoms with Crippen molar-refractivity contribution in [1.29, 1.82) is 0 Å². The first-order chi connectivity index (χ1) is 13.0. The molecule has 3 rings (SSSR count). The quantitative estimate of drug-likeness (QED) is 0.811. The normalized spacial score (nSPS) is 16.3. The number of ether oxygens (including phenoxy) is 2. The lowest BCUT2D eigenvalue weighted by molar-refractivity contribution is -0.123. The Morgan fingerprint density at radius 1 is 1.11 bits per heavy atom. The van der Waals surface area contributed by atoms with Crippen molar-refractivity contribution in [2.75, 3.05) is 24.7 Å². The van der Waals surface area contributed by atoms with Crippen LogP contribution in [-0.4, -0.2) is 37.6 Å². The van der Waals surface area contributed by atoms with E-state index in [0.717, 1.165) is 11.4 Å². The van der Waals surface area contributed by atoms with Crippen LogP contribution in [0, 0.1) is 5.82 Å². The highest BCUT2D eigenvalue weighted by molar-refractivity contribution is 5.97. The number of nitrogens with zero attached hydrogens (tertiary/aromatic N) is 1. The summed E-state index contributed by atoms with van der Waals surface area (Å²) in [6.07, 6.45) is 0.232. The van der Waals surface area contributed by atoms with Crippen molar-refractivity contribution >= 4 is 17.5 Å². The number of hydrogen-bond acceptors (Lipinski definition) is 4. The van der Waals surface area contributed by atoms with E-state index < -0.39 is 0 Å². The topological polar surface area (TPSA) is 67.9 Å². The van der Waals surface area contributed by atoms with Gasteiger partial charge in [0.2, 0.25) is 5.91 Å². The SMILES string of the molecule is CCOc1ccc(N2CC(NC(=O)COc3ccc(F)cc3)CC2=O)cc1. The molecule has 2 aromatic rings. The molecule has 1 N–H and O–H groups in total. The zero-order valence-electron chi connectivity index (χ0n) is 15.0. The first-order valence-corrected chi connectivity index (χ1v) is 8.76. The lowest BCUT2D eigenvalue weighted by Gasteiger charge is -2.18. The number of carbonyl (C=O) groups is 2. The van der Waals surface area contributed by atoms with Gasteiger partial charge in [0.1, 0.15) is 17.3 Å². The van der Waals surface area contributed by atoms with Gasteiger partial charge in [-0.1, -0.05) is 0 Å². The molecule has 6 nitrogen and oxygen atoms in total. The summed E-state index contributed by atoms with van der Waals surface area (Å²) < 4.78 is 23.6. The van der Waals surface area contributed by atoms with Crippen molar-refractivity contribution in [2.24, 2.45) is 0 Å². The van der Waals surface area contributed by atoms with Gasteiger partial charge in [0.05, 0.1) is 12.6 Å². The molecule has 0 aliphatic carbocycles. The molecule has 2 amide bonds. The molecule has 0 saturated carbocycles. The first-order valence-electron chi connectivity index (χ1n) is 8.76. The number of anilines is 1. The lowest BCUT2D eigenvalue weighted by atomic mass is 10.2. The Kier molecular flexibility index (Phi) is 5.90. The zero-order valence-corrected chi connectivity index (χ0v) is 15.0. The monoisotopic (exact) mass is 372 g/mol. The van der Waals surface area contributed by atoms with Gasteiger partial charge >= 0.3 is 0 Å². The minimum Gasteiger partial charge on any atom is -0.494 e. The van der Waals surface area contributed by atoms with Crippen LogP contribution in [0.3, 0.4) is 0 Å². The van der Waals surface area contributed by atoms with Crippen LogP contribution in [0.4, 0.5) is 10.1 Å². The lowest BCUT2D eigenvalue weighted by Crippen LogP contribution is -2.39. The van der Waals surface area contributed by atoms with Crippen LogP contribution < -0.4 is 19.7 Å². The molecule has 0 bridgehead atoms. The zero-order chi connectivity index (χ0) is 19.2. The Morgan fingerprint density at radius 2 is 1.74 bits per heavy atom. The van der Waals surface area contributed by atoms with E-state index in [1.54, 1.807) is 4.90 Å². The summed E-state index contributed by atoms with van der Waals surface area (Å²) in [5, 5.41) is 2.80. The van der Waals surface area contributed by atoms with Gasteiger partial charge in [0.25, 0.3) is 5.91 Å². The molecule has 1 saturated heterocycles. The molecule has 1 atom stereocenters. The fourth-order valence-corrected chi connectivity index (χ4v) is 2.89. The van der Waals surface area contributed by atoms with E-state index in [0.29, 0.717) is 18.9 Å². The van der Waals surface area contributed by atoms with Gasteiger partial charge in [-0.2, -0.15) is 0 Å². The summed E-state index contributed by atoms with van der Waals surface area (Å²) in [6, 6.07) is 12.4. The molecule has 0 spiro atoms. The Bertz CT molecular complexity index is 793. The summed E-state index contributed by atoms with van der Waals surface area (Å²) in [6.45, 7) is 2.69. The largest absolute Gasteiger partial charge is 0.494 e. The molecule has 1 aliphatic rings. The van der Waals surface area contributed by atoms with Gasteiger partial charge in [-0.05, 0) is 55.5 Å². The molecule has 0 aromatic heterocycles. The van der Waals surface area contributed by atoms with E-state index in [-0.39, 0.29) is 36.7 Å². The Hall–Kier alpha value is -3.09. The van der Waals surface area contributed by atoms with Crippen LogP contribution in [-0.2, 0) is 9.59 Å². The Balaban J connectivity index is 1.50. The molecule has 142 valence electrons. The molecule has 2 aromatic carbocycles. The van der Waals surface area contributed by atoms with Gasteiger partial charge in [0.15, 0.2) is 6.61 Å². The summed E-state index contributed by atoms with van der Waals surface area (Å²) in [4.78, 5) is 26.0. The summed E-state index contributed by atoms with van der Waals surface area (Å²) >= 11 is 0. The van der Waals surface area contributed by atoms with Crippen molar-refractivity contribution in [2.45, 2.75) is 19.4 Å². The van der Waals surface area contributed by atoms with E-state index in [1.807, 2.05) is 31.2 Å². The minimum atomic E-state index is -0.370. The highest BCUT2D eigenvalue weighted by Crippen LogP contribution is 2.24. The average molecular weight is 372 g/mol. The van der Waals surface area contributed by atoms with E-state index >= 15 is 0 Å². The summed E-state index contributed by atoms with van der Waals surface area (Å²) in [7, 11) is 0. The maximum atomic E-state index is 12.9. The van der Waals surface area contributed by atoms with Crippen LogP contribution in [0.5, 0.6) is 11.5 Å². The van der Waals surface area contributed by atoms with Crippen LogP contribution >= 0.6 is 0 Å². The van der Waals surface area contributed by atoms with Gasteiger partial charge in [-0.3, -0.25) is 9.59 Å². The number of halogens is 1. The van der Waals surface area contributed by atoms with E-state index in [2.05, 4.69) is 5.32 Å². The second-order valence-corrected chi connectivity index (χ2v) is 6.14. The fourth-order valence-electron chi connectivity index (χ4n) is 2.89. The molecule has 1 unspecified atom stereocenters. The average Bonchev–Trinajstić information content (AvgIpc) is 3.02. The molecule has 7 heteroatoms. The van der Waals surface area contributed by atoms with Crippen LogP contribution in [0.1, 0.15) is 13.3 Å². The highest BCUT2D eigenvalue weighted by atomic mass is 19.1. The van der Waals surface area contributed by atoms with Crippen molar-refractivity contribution in [3.8, 4) is 11.5 Å². The van der Waals surface area contributed by atoms with Crippen LogP contribution in [0.2, 0.25) is 0 Å². The van der Waals surface area contributed by atoms with Crippen molar-refractivity contribution < 1.29 is 23.5 Å². The fraction of sp³-hybridized carbons (Fsp3) is 0.300. The highest BCUT2D eigenvalue weighted by Gasteiger charge is 2.31. The Morgan fingerprint density at radius 3 is 2.41 bits per heavy atom.